The minimum absolute atomic E-state index is 0.00748. The van der Waals surface area contributed by atoms with Crippen LogP contribution >= 0.6 is 31.9 Å². The molecule has 1 N–H and O–H groups in total. The lowest BCUT2D eigenvalue weighted by molar-refractivity contribution is 0.131. The molecule has 3 fully saturated rings. The second kappa shape index (κ2) is 2.45. The van der Waals surface area contributed by atoms with Gasteiger partial charge in [0, 0.05) is 0 Å². The van der Waals surface area contributed by atoms with Gasteiger partial charge in [-0.05, 0) is 0 Å². The number of halogens is 2. The Morgan fingerprint density at radius 1 is 0.833 bits per heavy atom. The molecule has 0 spiro atoms. The van der Waals surface area contributed by atoms with Crippen LogP contribution in [0.25, 0.3) is 0 Å². The molecule has 0 amide bonds. The first kappa shape index (κ1) is 8.17. The monoisotopic (exact) mass is 298 g/mol. The quantitative estimate of drug-likeness (QED) is 0.521. The molecule has 0 bridgehead atoms. The van der Waals surface area contributed by atoms with Gasteiger partial charge in [0.2, 0.25) is 0 Å². The predicted molar refractivity (Wildman–Crippen MR) is 48.8 cm³/mol. The van der Waals surface area contributed by atoms with E-state index in [1.54, 1.807) is 0 Å². The van der Waals surface area contributed by atoms with Gasteiger partial charge in [-0.2, -0.15) is 0 Å². The van der Waals surface area contributed by atoms with Crippen LogP contribution in [-0.2, 0) is 9.47 Å². The summed E-state index contributed by atoms with van der Waals surface area (Å²) in [6.45, 7) is 0. The summed E-state index contributed by atoms with van der Waals surface area (Å²) in [6, 6.07) is 0. The maximum atomic E-state index is 9.72. The Balaban J connectivity index is 1.86. The Morgan fingerprint density at radius 2 is 1.42 bits per heavy atom. The first-order chi connectivity index (χ1) is 5.70. The van der Waals surface area contributed by atoms with Crippen LogP contribution in [0, 0.1) is 0 Å². The van der Waals surface area contributed by atoms with Crippen LogP contribution in [0.5, 0.6) is 0 Å². The first-order valence-electron chi connectivity index (χ1n) is 3.97. The van der Waals surface area contributed by atoms with Crippen molar-refractivity contribution in [3.63, 3.8) is 0 Å². The molecule has 0 radical (unpaired) electrons. The smallest absolute Gasteiger partial charge is 0.116 e. The SMILES string of the molecule is O[C@H]1[C@H](Br)[C@@H](Br)[C@H]2O[C@H]2[C@H]2O[C@@H]12. The van der Waals surface area contributed by atoms with Crippen LogP contribution in [0.15, 0.2) is 0 Å². The van der Waals surface area contributed by atoms with E-state index in [9.17, 15) is 5.11 Å². The van der Waals surface area contributed by atoms with Gasteiger partial charge in [-0.15, -0.1) is 0 Å². The molecule has 3 rings (SSSR count). The van der Waals surface area contributed by atoms with Gasteiger partial charge in [0.05, 0.1) is 15.8 Å². The Bertz CT molecular complexity index is 203. The molecule has 1 saturated carbocycles. The van der Waals surface area contributed by atoms with E-state index in [1.165, 1.54) is 0 Å². The maximum absolute atomic E-state index is 9.72. The van der Waals surface area contributed by atoms with Crippen molar-refractivity contribution in [3.05, 3.63) is 0 Å². The molecule has 0 unspecified atom stereocenters. The largest absolute Gasteiger partial charge is 0.389 e. The van der Waals surface area contributed by atoms with E-state index in [0.717, 1.165) is 0 Å². The van der Waals surface area contributed by atoms with Crippen molar-refractivity contribution in [2.24, 2.45) is 0 Å². The van der Waals surface area contributed by atoms with Crippen LogP contribution in [-0.4, -0.2) is 45.3 Å². The number of hydrogen-bond donors (Lipinski definition) is 1. The van der Waals surface area contributed by atoms with Crippen molar-refractivity contribution in [2.45, 2.75) is 40.2 Å². The molecule has 5 heteroatoms. The molecule has 3 aliphatic rings. The van der Waals surface area contributed by atoms with Crippen molar-refractivity contribution < 1.29 is 14.6 Å². The zero-order valence-corrected chi connectivity index (χ0v) is 9.23. The number of aliphatic hydroxyl groups excluding tert-OH is 1. The van der Waals surface area contributed by atoms with Crippen LogP contribution in [0.3, 0.4) is 0 Å². The van der Waals surface area contributed by atoms with Gasteiger partial charge in [0.15, 0.2) is 0 Å². The van der Waals surface area contributed by atoms with Crippen molar-refractivity contribution in [1.82, 2.24) is 0 Å². The van der Waals surface area contributed by atoms with Gasteiger partial charge in [-0.1, -0.05) is 31.9 Å². The zero-order chi connectivity index (χ0) is 8.46. The summed E-state index contributed by atoms with van der Waals surface area (Å²) in [7, 11) is 0. The normalized spacial score (nSPS) is 67.8. The Labute approximate surface area is 86.7 Å². The number of rotatable bonds is 0. The third kappa shape index (κ3) is 0.973. The van der Waals surface area contributed by atoms with E-state index in [-0.39, 0.29) is 34.1 Å². The number of alkyl halides is 2. The molecular formula is C7H8Br2O3. The van der Waals surface area contributed by atoms with E-state index in [0.29, 0.717) is 0 Å². The highest BCUT2D eigenvalue weighted by atomic mass is 79.9. The molecule has 0 aromatic rings. The summed E-state index contributed by atoms with van der Waals surface area (Å²) in [4.78, 5) is 0.235. The number of ether oxygens (including phenoxy) is 2. The van der Waals surface area contributed by atoms with Crippen molar-refractivity contribution in [2.75, 3.05) is 0 Å². The molecule has 68 valence electrons. The fraction of sp³-hybridized carbons (Fsp3) is 1.00. The second-order valence-electron chi connectivity index (χ2n) is 3.51. The van der Waals surface area contributed by atoms with E-state index in [1.807, 2.05) is 0 Å². The number of hydrogen-bond acceptors (Lipinski definition) is 3. The maximum Gasteiger partial charge on any atom is 0.116 e. The lowest BCUT2D eigenvalue weighted by Crippen LogP contribution is -2.34. The van der Waals surface area contributed by atoms with Crippen molar-refractivity contribution in [3.8, 4) is 0 Å². The van der Waals surface area contributed by atoms with Crippen LogP contribution < -0.4 is 0 Å². The Hall–Kier alpha value is 0.840. The standard InChI is InChI=1S/C7H8Br2O3/c8-1-2(9)4-6(11-4)7-5(12-7)3(1)10/h1-7,10H/t1-,2-,3+,4-,5+,6-,7+/m1/s1. The molecule has 2 aliphatic heterocycles. The minimum Gasteiger partial charge on any atom is -0.389 e. The Morgan fingerprint density at radius 3 is 2.17 bits per heavy atom. The summed E-state index contributed by atoms with van der Waals surface area (Å²) in [5, 5.41) is 9.72. The third-order valence-corrected chi connectivity index (χ3v) is 5.64. The van der Waals surface area contributed by atoms with Gasteiger partial charge in [0.25, 0.3) is 0 Å². The molecule has 3 nitrogen and oxygen atoms in total. The number of aliphatic hydroxyl groups is 1. The molecule has 12 heavy (non-hydrogen) atoms. The van der Waals surface area contributed by atoms with Gasteiger partial charge < -0.3 is 14.6 Å². The van der Waals surface area contributed by atoms with Gasteiger partial charge in [-0.25, -0.2) is 0 Å². The fourth-order valence-corrected chi connectivity index (χ4v) is 3.22. The molecule has 7 atom stereocenters. The van der Waals surface area contributed by atoms with E-state index in [2.05, 4.69) is 31.9 Å². The van der Waals surface area contributed by atoms with Crippen LogP contribution in [0.1, 0.15) is 0 Å². The third-order valence-electron chi connectivity index (χ3n) is 2.73. The average Bonchev–Trinajstić information content (AvgIpc) is 2.87. The highest BCUT2D eigenvalue weighted by Crippen LogP contribution is 2.49. The highest BCUT2D eigenvalue weighted by Gasteiger charge is 2.66. The summed E-state index contributed by atoms with van der Waals surface area (Å²) >= 11 is 6.96. The van der Waals surface area contributed by atoms with Gasteiger partial charge >= 0.3 is 0 Å². The zero-order valence-electron chi connectivity index (χ0n) is 6.06. The fourth-order valence-electron chi connectivity index (χ4n) is 1.88. The lowest BCUT2D eigenvalue weighted by Gasteiger charge is -2.18. The predicted octanol–water partition coefficient (Wildman–Crippen LogP) is 0.423. The van der Waals surface area contributed by atoms with Gasteiger partial charge in [0.1, 0.15) is 24.4 Å². The highest BCUT2D eigenvalue weighted by molar-refractivity contribution is 9.12. The van der Waals surface area contributed by atoms with Crippen LogP contribution in [0.2, 0.25) is 0 Å². The average molecular weight is 300 g/mol. The molecular weight excluding hydrogens is 292 g/mol. The van der Waals surface area contributed by atoms with Crippen LogP contribution in [0.4, 0.5) is 0 Å². The molecule has 2 heterocycles. The lowest BCUT2D eigenvalue weighted by atomic mass is 10.1. The molecule has 0 aromatic heterocycles. The molecule has 0 aromatic carbocycles. The van der Waals surface area contributed by atoms with Gasteiger partial charge in [-0.3, -0.25) is 0 Å². The molecule has 2 saturated heterocycles. The van der Waals surface area contributed by atoms with Crippen molar-refractivity contribution >= 4 is 31.9 Å². The Kier molecular flexibility index (Phi) is 1.67. The summed E-state index contributed by atoms with van der Waals surface area (Å²) in [5.41, 5.74) is 0. The van der Waals surface area contributed by atoms with Crippen molar-refractivity contribution in [1.29, 1.82) is 0 Å². The minimum atomic E-state index is -0.407. The number of fused-ring (bicyclic) bond motifs is 3. The number of epoxide rings is 2. The summed E-state index contributed by atoms with van der Waals surface area (Å²) in [5.74, 6) is 0. The first-order valence-corrected chi connectivity index (χ1v) is 5.80. The van der Waals surface area contributed by atoms with E-state index < -0.39 is 6.10 Å². The summed E-state index contributed by atoms with van der Waals surface area (Å²) < 4.78 is 10.7. The topological polar surface area (TPSA) is 45.3 Å². The second-order valence-corrected chi connectivity index (χ2v) is 5.62. The van der Waals surface area contributed by atoms with E-state index in [4.69, 9.17) is 9.47 Å². The molecule has 1 aliphatic carbocycles. The summed E-state index contributed by atoms with van der Waals surface area (Å²) in [6.07, 6.45) is 0.174. The van der Waals surface area contributed by atoms with E-state index >= 15 is 0 Å².